The fraction of sp³-hybridized carbons (Fsp3) is 0.206. The van der Waals surface area contributed by atoms with Gasteiger partial charge in [-0.1, -0.05) is 106 Å². The van der Waals surface area contributed by atoms with Crippen molar-refractivity contribution in [3.05, 3.63) is 210 Å². The molecule has 104 heavy (non-hydrogen) atoms. The number of rotatable bonds is 14. The zero-order valence-corrected chi connectivity index (χ0v) is 57.4. The molecule has 0 radical (unpaired) electrons. The summed E-state index contributed by atoms with van der Waals surface area (Å²) < 4.78 is 230. The molecule has 1 saturated heterocycles. The number of anilines is 4. The fourth-order valence-corrected chi connectivity index (χ4v) is 10.3. The van der Waals surface area contributed by atoms with Gasteiger partial charge < -0.3 is 25.4 Å². The maximum absolute atomic E-state index is 14.3. The van der Waals surface area contributed by atoms with Crippen LogP contribution in [0, 0.1) is 40.7 Å². The number of benzene rings is 7. The number of imide groups is 3. The summed E-state index contributed by atoms with van der Waals surface area (Å²) in [6.07, 6.45) is -25.5. The molecule has 1 unspecified atom stereocenters. The van der Waals surface area contributed by atoms with Crippen LogP contribution >= 0.6 is 69.8 Å². The number of thioether (sulfide) groups is 1. The van der Waals surface area contributed by atoms with Gasteiger partial charge in [-0.15, -0.1) is 0 Å². The normalized spacial score (nSPS) is 13.0. The molecule has 8 rings (SSSR count). The summed E-state index contributed by atoms with van der Waals surface area (Å²) in [7, 11) is 0. The number of aliphatic imine (C=N–C) groups is 1. The number of carbonyl (C=O) groups is 7. The highest BCUT2D eigenvalue weighted by Crippen LogP contribution is 2.45. The monoisotopic (exact) mass is 1600 g/mol. The molecular formula is C63H47Cl5F17N9O9S. The van der Waals surface area contributed by atoms with E-state index < -0.39 is 161 Å². The SMILES string of the molecule is CC(C)N1C(=O)N(c2ccccc2)CSC1=NC(C)(C)C.O=C(NC(=O)c1c(F)cccc1F)Nc1cc(Cl)c(OC(F)(F)C(F)C(F)(F)F)c(Cl)c1F.O=C(NC(=O)c1c(F)cccc1F)Nc1cc(Cl)c(OC(F)(F)C(F)F)c(Cl)c1.O=C(NC(=O)c1c(F)cccc1F)Nc1ccc(Cl)cc1. The molecule has 1 aliphatic heterocycles. The van der Waals surface area contributed by atoms with Gasteiger partial charge in [0, 0.05) is 28.1 Å². The van der Waals surface area contributed by atoms with E-state index in [2.05, 4.69) is 14.8 Å². The molecule has 558 valence electrons. The first kappa shape index (κ1) is 85.2. The summed E-state index contributed by atoms with van der Waals surface area (Å²) >= 11 is 29.5. The van der Waals surface area contributed by atoms with Crippen LogP contribution in [-0.2, 0) is 0 Å². The number of para-hydroxylation sites is 1. The van der Waals surface area contributed by atoms with Gasteiger partial charge in [0.15, 0.2) is 22.5 Å². The molecule has 1 heterocycles. The lowest BCUT2D eigenvalue weighted by Crippen LogP contribution is -2.53. The van der Waals surface area contributed by atoms with E-state index in [0.717, 1.165) is 65.5 Å². The van der Waals surface area contributed by atoms with Crippen molar-refractivity contribution < 1.29 is 118 Å². The number of hydrogen-bond donors (Lipinski definition) is 6. The lowest BCUT2D eigenvalue weighted by atomic mass is 10.1. The Morgan fingerprint density at radius 3 is 1.31 bits per heavy atom. The molecule has 0 spiro atoms. The maximum Gasteiger partial charge on any atom is 0.461 e. The van der Waals surface area contributed by atoms with Gasteiger partial charge in [-0.25, -0.2) is 54.3 Å². The second kappa shape index (κ2) is 36.3. The van der Waals surface area contributed by atoms with E-state index in [4.69, 9.17) is 63.0 Å². The van der Waals surface area contributed by atoms with E-state index in [9.17, 15) is 108 Å². The van der Waals surface area contributed by atoms with Gasteiger partial charge in [0.25, 0.3) is 23.9 Å². The number of carbonyl (C=O) groups excluding carboxylic acids is 7. The molecule has 0 aliphatic carbocycles. The minimum atomic E-state index is -6.05. The quantitative estimate of drug-likeness (QED) is 0.0446. The number of nitrogens with zero attached hydrogens (tertiary/aromatic N) is 3. The van der Waals surface area contributed by atoms with Crippen molar-refractivity contribution in [2.24, 2.45) is 4.99 Å². The molecule has 41 heteroatoms. The predicted molar refractivity (Wildman–Crippen MR) is 352 cm³/mol. The van der Waals surface area contributed by atoms with Crippen LogP contribution in [0.25, 0.3) is 0 Å². The maximum atomic E-state index is 14.3. The Morgan fingerprint density at radius 2 is 0.913 bits per heavy atom. The van der Waals surface area contributed by atoms with Crippen molar-refractivity contribution in [1.82, 2.24) is 20.9 Å². The summed E-state index contributed by atoms with van der Waals surface area (Å²) in [6, 6.07) is 22.0. The molecule has 7 aromatic rings. The molecule has 6 N–H and O–H groups in total. The molecule has 0 bridgehead atoms. The van der Waals surface area contributed by atoms with Crippen LogP contribution in [-0.4, -0.2) is 100 Å². The van der Waals surface area contributed by atoms with Crippen LogP contribution < -0.4 is 46.3 Å². The van der Waals surface area contributed by atoms with Gasteiger partial charge in [-0.05, 0) is 126 Å². The molecular weight excluding hydrogens is 1560 g/mol. The van der Waals surface area contributed by atoms with E-state index in [1.54, 1.807) is 32.2 Å². The first-order valence-electron chi connectivity index (χ1n) is 28.4. The predicted octanol–water partition coefficient (Wildman–Crippen LogP) is 19.5. The van der Waals surface area contributed by atoms with Gasteiger partial charge in [0.05, 0.1) is 32.2 Å². The van der Waals surface area contributed by atoms with Gasteiger partial charge >= 0.3 is 48.9 Å². The molecule has 1 fully saturated rings. The standard InChI is InChI=1S/C17H7Cl2F9N2O3.C16H8Cl2F6N2O3.C16H23N3OS.C14H9ClF2N2O2/c18-5-4-8(29-15(32)30-13(31)9-6(20)2-1-3-7(9)21)11(22)10(19)12(5)33-17(27,28)14(23)16(24,25)26;17-7-4-6(5-8(18)12(7)29-16(23,24)14(21)22)25-15(28)26-13(27)11-9(19)2-1-3-10(11)20;1-12(2)19-14(17-16(3,4)5)21-11-18(15(19)20)13-9-7-6-8-10-13;15-8-4-6-9(7-5-8)18-14(21)19-13(20)12-10(16)2-1-3-11(12)17/h1-4,14H,(H2,29,30,31,32);1-5,14H,(H2,25,26,27,28);6-10,12H,11H2,1-5H3;1-7H,(H2,18,19,20,21). The van der Waals surface area contributed by atoms with E-state index in [-0.39, 0.29) is 23.3 Å². The third-order valence-electron chi connectivity index (χ3n) is 12.3. The summed E-state index contributed by atoms with van der Waals surface area (Å²) in [6.45, 7) is 10.2. The highest BCUT2D eigenvalue weighted by molar-refractivity contribution is 8.14. The van der Waals surface area contributed by atoms with Crippen LogP contribution in [0.5, 0.6) is 11.5 Å². The topological polar surface area (TPSA) is 229 Å². The van der Waals surface area contributed by atoms with E-state index in [1.165, 1.54) is 29.6 Å². The number of halogens is 22. The van der Waals surface area contributed by atoms with Crippen LogP contribution in [0.4, 0.5) is 117 Å². The van der Waals surface area contributed by atoms with E-state index in [0.29, 0.717) is 34.8 Å². The summed E-state index contributed by atoms with van der Waals surface area (Å²) in [4.78, 5) is 91.7. The van der Waals surface area contributed by atoms with Gasteiger partial charge in [-0.2, -0.15) is 39.5 Å². The van der Waals surface area contributed by atoms with Gasteiger partial charge in [0.1, 0.15) is 56.6 Å². The summed E-state index contributed by atoms with van der Waals surface area (Å²) in [5, 5.41) is 8.21. The molecule has 11 amide bonds. The zero-order chi connectivity index (χ0) is 78.3. The minimum absolute atomic E-state index is 0.00190. The smallest absolute Gasteiger partial charge is 0.427 e. The number of hydrogen-bond acceptors (Lipinski definition) is 11. The van der Waals surface area contributed by atoms with Gasteiger partial charge in [-0.3, -0.25) is 45.1 Å². The Morgan fingerprint density at radius 1 is 0.519 bits per heavy atom. The second-order valence-electron chi connectivity index (χ2n) is 21.5. The third kappa shape index (κ3) is 23.8. The molecule has 18 nitrogen and oxygen atoms in total. The minimum Gasteiger partial charge on any atom is -0.427 e. The molecule has 0 aromatic heterocycles. The number of nitrogens with one attached hydrogen (secondary N) is 6. The van der Waals surface area contributed by atoms with E-state index in [1.807, 2.05) is 75.6 Å². The highest BCUT2D eigenvalue weighted by Gasteiger charge is 2.60. The van der Waals surface area contributed by atoms with Crippen molar-refractivity contribution in [3.63, 3.8) is 0 Å². The van der Waals surface area contributed by atoms with Crippen molar-refractivity contribution in [1.29, 1.82) is 0 Å². The number of urea groups is 4. The third-order valence-corrected chi connectivity index (χ3v) is 14.6. The van der Waals surface area contributed by atoms with E-state index >= 15 is 0 Å². The van der Waals surface area contributed by atoms with Crippen LogP contribution in [0.3, 0.4) is 0 Å². The lowest BCUT2D eigenvalue weighted by molar-refractivity contribution is -0.305. The fourth-order valence-electron chi connectivity index (χ4n) is 7.77. The largest absolute Gasteiger partial charge is 0.461 e. The zero-order valence-electron chi connectivity index (χ0n) is 52.8. The molecule has 1 atom stereocenters. The Balaban J connectivity index is 0.000000254. The van der Waals surface area contributed by atoms with Crippen LogP contribution in [0.1, 0.15) is 65.7 Å². The average Bonchev–Trinajstić information content (AvgIpc) is 0.793. The average molecular weight is 1610 g/mol. The van der Waals surface area contributed by atoms with Crippen molar-refractivity contribution in [2.75, 3.05) is 26.7 Å². The summed E-state index contributed by atoms with van der Waals surface area (Å²) in [5.74, 6) is -15.2. The summed E-state index contributed by atoms with van der Waals surface area (Å²) in [5.41, 5.74) is -3.18. The Hall–Kier alpha value is -9.49. The number of amidine groups is 1. The van der Waals surface area contributed by atoms with Crippen molar-refractivity contribution >= 4 is 140 Å². The lowest BCUT2D eigenvalue weighted by Gasteiger charge is -2.38. The first-order chi connectivity index (χ1) is 48.2. The molecule has 7 aromatic carbocycles. The molecule has 1 aliphatic rings. The number of alkyl halides is 10. The molecule has 0 saturated carbocycles. The van der Waals surface area contributed by atoms with Crippen molar-refractivity contribution in [3.8, 4) is 11.5 Å². The second-order valence-corrected chi connectivity index (χ2v) is 24.5. The van der Waals surface area contributed by atoms with Crippen LogP contribution in [0.2, 0.25) is 25.1 Å². The highest BCUT2D eigenvalue weighted by atomic mass is 35.5. The van der Waals surface area contributed by atoms with Crippen LogP contribution in [0.15, 0.2) is 132 Å². The number of ether oxygens (including phenoxy) is 2. The Bertz CT molecular complexity index is 4280. The van der Waals surface area contributed by atoms with Crippen molar-refractivity contribution in [2.45, 2.75) is 77.2 Å². The van der Waals surface area contributed by atoms with Gasteiger partial charge in [0.2, 0.25) is 0 Å². The number of amides is 11. The Kier molecular flexibility index (Phi) is 29.7. The Labute approximate surface area is 605 Å². The first-order valence-corrected chi connectivity index (χ1v) is 31.2.